The summed E-state index contributed by atoms with van der Waals surface area (Å²) < 4.78 is 0. The first-order chi connectivity index (χ1) is 8.24. The van der Waals surface area contributed by atoms with Gasteiger partial charge in [-0.15, -0.1) is 0 Å². The molecule has 0 heterocycles. The minimum Gasteiger partial charge on any atom is -0.256 e. The molecule has 0 spiro atoms. The van der Waals surface area contributed by atoms with Crippen molar-refractivity contribution in [1.29, 1.82) is 0 Å². The van der Waals surface area contributed by atoms with E-state index < -0.39 is 0 Å². The molecule has 0 N–H and O–H groups in total. The van der Waals surface area contributed by atoms with Crippen LogP contribution in [0.25, 0.3) is 6.08 Å². The number of aliphatic imine (C=N–C) groups is 1. The van der Waals surface area contributed by atoms with Crippen LogP contribution in [0.5, 0.6) is 0 Å². The summed E-state index contributed by atoms with van der Waals surface area (Å²) in [6.45, 7) is 6.17. The molecule has 0 fully saturated rings. The lowest BCUT2D eigenvalue weighted by Gasteiger charge is -2.00. The van der Waals surface area contributed by atoms with Crippen LogP contribution in [0.1, 0.15) is 26.3 Å². The van der Waals surface area contributed by atoms with Crippen LogP contribution in [0.4, 0.5) is 5.69 Å². The standard InChI is InChI=1S/C16H19N/c1-4-5-6-9-12-17-16-11-8-7-10-15(16)13-14(2)3/h4-13H,1-3H3/b5-4-,9-6-,17-12?. The molecule has 0 aromatic heterocycles. The van der Waals surface area contributed by atoms with Gasteiger partial charge >= 0.3 is 0 Å². The van der Waals surface area contributed by atoms with E-state index in [1.165, 1.54) is 5.57 Å². The van der Waals surface area contributed by atoms with E-state index in [4.69, 9.17) is 0 Å². The molecule has 0 saturated heterocycles. The van der Waals surface area contributed by atoms with Crippen LogP contribution in [0.15, 0.2) is 59.1 Å². The summed E-state index contributed by atoms with van der Waals surface area (Å²) >= 11 is 0. The van der Waals surface area contributed by atoms with E-state index in [0.717, 1.165) is 11.3 Å². The molecule has 0 bridgehead atoms. The highest BCUT2D eigenvalue weighted by Crippen LogP contribution is 2.20. The van der Waals surface area contributed by atoms with Crippen LogP contribution in [0.2, 0.25) is 0 Å². The summed E-state index contributed by atoms with van der Waals surface area (Å²) in [7, 11) is 0. The van der Waals surface area contributed by atoms with Gasteiger partial charge in [0.1, 0.15) is 0 Å². The molecule has 17 heavy (non-hydrogen) atoms. The second kappa shape index (κ2) is 7.39. The van der Waals surface area contributed by atoms with E-state index in [-0.39, 0.29) is 0 Å². The predicted molar refractivity (Wildman–Crippen MR) is 77.9 cm³/mol. The molecule has 0 radical (unpaired) electrons. The number of rotatable bonds is 4. The van der Waals surface area contributed by atoms with Crippen LogP contribution < -0.4 is 0 Å². The van der Waals surface area contributed by atoms with Crippen LogP contribution in [-0.2, 0) is 0 Å². The fourth-order valence-corrected chi connectivity index (χ4v) is 1.39. The summed E-state index contributed by atoms with van der Waals surface area (Å²) in [5.74, 6) is 0. The summed E-state index contributed by atoms with van der Waals surface area (Å²) in [4.78, 5) is 4.44. The molecule has 1 aromatic rings. The van der Waals surface area contributed by atoms with Gasteiger partial charge in [-0.3, -0.25) is 4.99 Å². The molecule has 0 unspecified atom stereocenters. The first-order valence-electron chi connectivity index (χ1n) is 5.80. The Morgan fingerprint density at radius 2 is 1.82 bits per heavy atom. The summed E-state index contributed by atoms with van der Waals surface area (Å²) in [6, 6.07) is 8.14. The fraction of sp³-hybridized carbons (Fsp3) is 0.188. The highest BCUT2D eigenvalue weighted by Gasteiger charge is 1.94. The second-order valence-corrected chi connectivity index (χ2v) is 3.97. The van der Waals surface area contributed by atoms with Gasteiger partial charge in [0.05, 0.1) is 5.69 Å². The van der Waals surface area contributed by atoms with E-state index in [2.05, 4.69) is 31.0 Å². The Morgan fingerprint density at radius 1 is 1.06 bits per heavy atom. The minimum atomic E-state index is 0.999. The van der Waals surface area contributed by atoms with Crippen molar-refractivity contribution >= 4 is 18.0 Å². The Morgan fingerprint density at radius 3 is 2.53 bits per heavy atom. The fourth-order valence-electron chi connectivity index (χ4n) is 1.39. The Hall–Kier alpha value is -1.89. The van der Waals surface area contributed by atoms with Gasteiger partial charge in [0.25, 0.3) is 0 Å². The van der Waals surface area contributed by atoms with E-state index in [9.17, 15) is 0 Å². The van der Waals surface area contributed by atoms with Crippen LogP contribution in [0.3, 0.4) is 0 Å². The third-order valence-corrected chi connectivity index (χ3v) is 2.10. The average molecular weight is 225 g/mol. The van der Waals surface area contributed by atoms with E-state index in [1.54, 1.807) is 0 Å². The van der Waals surface area contributed by atoms with Gasteiger partial charge in [0, 0.05) is 11.8 Å². The van der Waals surface area contributed by atoms with Gasteiger partial charge in [-0.1, -0.05) is 48.1 Å². The van der Waals surface area contributed by atoms with E-state index in [1.807, 2.05) is 55.6 Å². The zero-order valence-electron chi connectivity index (χ0n) is 10.7. The van der Waals surface area contributed by atoms with Crippen LogP contribution in [-0.4, -0.2) is 6.21 Å². The lowest BCUT2D eigenvalue weighted by atomic mass is 10.1. The maximum atomic E-state index is 4.44. The number of benzene rings is 1. The number of allylic oxidation sites excluding steroid dienone is 5. The Balaban J connectivity index is 2.87. The molecule has 1 rings (SSSR count). The average Bonchev–Trinajstić information content (AvgIpc) is 2.30. The second-order valence-electron chi connectivity index (χ2n) is 3.97. The Labute approximate surface area is 104 Å². The van der Waals surface area contributed by atoms with Crippen molar-refractivity contribution in [3.05, 3.63) is 59.7 Å². The highest BCUT2D eigenvalue weighted by atomic mass is 14.7. The molecular weight excluding hydrogens is 206 g/mol. The number of nitrogens with zero attached hydrogens (tertiary/aromatic N) is 1. The number of hydrogen-bond donors (Lipinski definition) is 0. The van der Waals surface area contributed by atoms with E-state index >= 15 is 0 Å². The summed E-state index contributed by atoms with van der Waals surface area (Å²) in [6.07, 6.45) is 11.8. The van der Waals surface area contributed by atoms with Gasteiger partial charge in [0.15, 0.2) is 0 Å². The molecule has 0 saturated carbocycles. The topological polar surface area (TPSA) is 12.4 Å². The van der Waals surface area contributed by atoms with E-state index in [0.29, 0.717) is 0 Å². The first kappa shape index (κ1) is 13.2. The SMILES string of the molecule is C/C=C\C=C/C=Nc1ccccc1C=C(C)C. The predicted octanol–water partition coefficient (Wildman–Crippen LogP) is 4.94. The lowest BCUT2D eigenvalue weighted by molar-refractivity contribution is 1.41. The minimum absolute atomic E-state index is 0.999. The zero-order chi connectivity index (χ0) is 12.5. The number of para-hydroxylation sites is 1. The van der Waals surface area contributed by atoms with Gasteiger partial charge in [-0.05, 0) is 32.9 Å². The van der Waals surface area contributed by atoms with Crippen molar-refractivity contribution in [3.8, 4) is 0 Å². The lowest BCUT2D eigenvalue weighted by Crippen LogP contribution is -1.76. The largest absolute Gasteiger partial charge is 0.256 e. The molecule has 1 nitrogen and oxygen atoms in total. The van der Waals surface area contributed by atoms with Gasteiger partial charge in [-0.25, -0.2) is 0 Å². The van der Waals surface area contributed by atoms with Crippen molar-refractivity contribution in [1.82, 2.24) is 0 Å². The van der Waals surface area contributed by atoms with Gasteiger partial charge < -0.3 is 0 Å². The molecule has 0 aliphatic rings. The van der Waals surface area contributed by atoms with Gasteiger partial charge in [0.2, 0.25) is 0 Å². The molecule has 88 valence electrons. The third kappa shape index (κ3) is 5.12. The molecule has 1 aromatic carbocycles. The van der Waals surface area contributed by atoms with Crippen molar-refractivity contribution in [2.45, 2.75) is 20.8 Å². The molecule has 0 amide bonds. The normalized spacial score (nSPS) is 11.7. The summed E-state index contributed by atoms with van der Waals surface area (Å²) in [5.41, 5.74) is 3.43. The van der Waals surface area contributed by atoms with Crippen LogP contribution in [0, 0.1) is 0 Å². The number of hydrogen-bond acceptors (Lipinski definition) is 1. The van der Waals surface area contributed by atoms with Crippen molar-refractivity contribution in [3.63, 3.8) is 0 Å². The van der Waals surface area contributed by atoms with Gasteiger partial charge in [-0.2, -0.15) is 0 Å². The monoisotopic (exact) mass is 225 g/mol. The maximum Gasteiger partial charge on any atom is 0.0701 e. The van der Waals surface area contributed by atoms with Crippen molar-refractivity contribution in [2.75, 3.05) is 0 Å². The molecule has 0 aliphatic heterocycles. The summed E-state index contributed by atoms with van der Waals surface area (Å²) in [5, 5.41) is 0. The molecule has 0 atom stereocenters. The first-order valence-corrected chi connectivity index (χ1v) is 5.80. The van der Waals surface area contributed by atoms with Crippen molar-refractivity contribution in [2.24, 2.45) is 4.99 Å². The Kier molecular flexibility index (Phi) is 5.73. The highest BCUT2D eigenvalue weighted by molar-refractivity contribution is 5.77. The Bertz CT molecular complexity index is 458. The molecule has 1 heteroatoms. The van der Waals surface area contributed by atoms with Crippen molar-refractivity contribution < 1.29 is 0 Å². The maximum absolute atomic E-state index is 4.44. The smallest absolute Gasteiger partial charge is 0.0701 e. The third-order valence-electron chi connectivity index (χ3n) is 2.10. The molecular formula is C16H19N. The quantitative estimate of drug-likeness (QED) is 0.508. The van der Waals surface area contributed by atoms with Crippen LogP contribution >= 0.6 is 0 Å². The zero-order valence-corrected chi connectivity index (χ0v) is 10.7. The molecule has 0 aliphatic carbocycles.